The van der Waals surface area contributed by atoms with E-state index < -0.39 is 0 Å². The Morgan fingerprint density at radius 1 is 0.840 bits per heavy atom. The number of aromatic amines is 1. The molecule has 0 unspecified atom stereocenters. The molecule has 0 amide bonds. The number of hydrogen-bond donors (Lipinski definition) is 2. The molecule has 0 radical (unpaired) electrons. The number of aryl methyl sites for hydroxylation is 1. The number of hydrogen-bond acceptors (Lipinski definition) is 1. The molecule has 25 heavy (non-hydrogen) atoms. The smallest absolute Gasteiger partial charge is 0.0541 e. The molecule has 3 heteroatoms. The van der Waals surface area contributed by atoms with Gasteiger partial charge in [0.15, 0.2) is 0 Å². The summed E-state index contributed by atoms with van der Waals surface area (Å²) < 4.78 is 1.12. The third kappa shape index (κ3) is 2.99. The van der Waals surface area contributed by atoms with Crippen LogP contribution in [-0.2, 0) is 6.42 Å². The molecule has 3 aromatic carbocycles. The number of unbranched alkanes of at least 4 members (excludes halogenated alkanes) is 1. The van der Waals surface area contributed by atoms with Gasteiger partial charge in [-0.1, -0.05) is 70.5 Å². The van der Waals surface area contributed by atoms with Crippen molar-refractivity contribution in [3.8, 4) is 11.3 Å². The predicted molar refractivity (Wildman–Crippen MR) is 111 cm³/mol. The Morgan fingerprint density at radius 2 is 1.64 bits per heavy atom. The van der Waals surface area contributed by atoms with E-state index in [-0.39, 0.29) is 0 Å². The molecule has 0 saturated carbocycles. The number of halogens is 1. The third-order valence-electron chi connectivity index (χ3n) is 4.83. The van der Waals surface area contributed by atoms with Crippen LogP contribution in [0.3, 0.4) is 0 Å². The van der Waals surface area contributed by atoms with Gasteiger partial charge < -0.3 is 10.7 Å². The van der Waals surface area contributed by atoms with Gasteiger partial charge in [0.2, 0.25) is 0 Å². The van der Waals surface area contributed by atoms with Crippen LogP contribution in [0.15, 0.2) is 65.1 Å². The number of rotatable bonds is 5. The maximum absolute atomic E-state index is 5.71. The molecule has 0 bridgehead atoms. The lowest BCUT2D eigenvalue weighted by Gasteiger charge is -2.07. The first-order valence-corrected chi connectivity index (χ1v) is 9.56. The lowest BCUT2D eigenvalue weighted by Crippen LogP contribution is -1.99. The van der Waals surface area contributed by atoms with Crippen LogP contribution < -0.4 is 5.73 Å². The molecule has 0 saturated heterocycles. The fraction of sp³-hybridized carbons (Fsp3) is 0.182. The Labute approximate surface area is 156 Å². The van der Waals surface area contributed by atoms with Gasteiger partial charge in [0, 0.05) is 20.8 Å². The molecule has 2 nitrogen and oxygen atoms in total. The number of nitrogens with two attached hydrogens (primary N) is 1. The zero-order valence-electron chi connectivity index (χ0n) is 14.1. The van der Waals surface area contributed by atoms with E-state index in [2.05, 4.69) is 81.6 Å². The zero-order valence-corrected chi connectivity index (χ0v) is 15.6. The molecule has 0 fully saturated rings. The van der Waals surface area contributed by atoms with E-state index in [4.69, 9.17) is 5.73 Å². The molecule has 0 atom stereocenters. The molecule has 4 rings (SSSR count). The van der Waals surface area contributed by atoms with Crippen molar-refractivity contribution < 1.29 is 0 Å². The van der Waals surface area contributed by atoms with Gasteiger partial charge in [-0.15, -0.1) is 0 Å². The molecule has 0 aliphatic carbocycles. The van der Waals surface area contributed by atoms with Gasteiger partial charge in [0.05, 0.1) is 11.2 Å². The van der Waals surface area contributed by atoms with E-state index in [9.17, 15) is 0 Å². The van der Waals surface area contributed by atoms with Crippen molar-refractivity contribution in [2.75, 3.05) is 6.54 Å². The predicted octanol–water partition coefficient (Wildman–Crippen LogP) is 6.03. The summed E-state index contributed by atoms with van der Waals surface area (Å²) in [6.45, 7) is 0.746. The number of fused-ring (bicyclic) bond motifs is 3. The SMILES string of the molecule is NCCCCc1c(-c2ccccc2Br)[nH]c2c1ccc1ccccc12. The van der Waals surface area contributed by atoms with Gasteiger partial charge in [-0.2, -0.15) is 0 Å². The van der Waals surface area contributed by atoms with E-state index in [0.29, 0.717) is 0 Å². The second-order valence-corrected chi connectivity index (χ2v) is 7.27. The average molecular weight is 393 g/mol. The first-order valence-electron chi connectivity index (χ1n) is 8.77. The summed E-state index contributed by atoms with van der Waals surface area (Å²) in [6, 6.07) is 21.5. The summed E-state index contributed by atoms with van der Waals surface area (Å²) in [5, 5.41) is 3.86. The number of benzene rings is 3. The minimum atomic E-state index is 0.746. The van der Waals surface area contributed by atoms with Gasteiger partial charge in [-0.05, 0) is 42.8 Å². The first kappa shape index (κ1) is 16.4. The van der Waals surface area contributed by atoms with Gasteiger partial charge in [0.1, 0.15) is 0 Å². The normalized spacial score (nSPS) is 11.4. The van der Waals surface area contributed by atoms with Crippen LogP contribution in [0.1, 0.15) is 18.4 Å². The highest BCUT2D eigenvalue weighted by Crippen LogP contribution is 2.37. The molecular formula is C22H21BrN2. The molecule has 126 valence electrons. The van der Waals surface area contributed by atoms with E-state index in [1.165, 1.54) is 38.5 Å². The van der Waals surface area contributed by atoms with Crippen LogP contribution in [0, 0.1) is 0 Å². The fourth-order valence-electron chi connectivity index (χ4n) is 3.59. The van der Waals surface area contributed by atoms with Gasteiger partial charge in [-0.25, -0.2) is 0 Å². The minimum absolute atomic E-state index is 0.746. The number of aromatic nitrogens is 1. The Bertz CT molecular complexity index is 1030. The molecule has 0 spiro atoms. The van der Waals surface area contributed by atoms with Crippen molar-refractivity contribution >= 4 is 37.6 Å². The maximum atomic E-state index is 5.71. The van der Waals surface area contributed by atoms with Crippen LogP contribution in [0.2, 0.25) is 0 Å². The molecule has 0 aliphatic rings. The number of nitrogens with one attached hydrogen (secondary N) is 1. The second-order valence-electron chi connectivity index (χ2n) is 6.41. The Kier molecular flexibility index (Phi) is 4.60. The monoisotopic (exact) mass is 392 g/mol. The zero-order chi connectivity index (χ0) is 17.2. The maximum Gasteiger partial charge on any atom is 0.0541 e. The fourth-order valence-corrected chi connectivity index (χ4v) is 4.08. The summed E-state index contributed by atoms with van der Waals surface area (Å²) in [7, 11) is 0. The lowest BCUT2D eigenvalue weighted by molar-refractivity contribution is 0.748. The van der Waals surface area contributed by atoms with Crippen LogP contribution in [0.25, 0.3) is 32.9 Å². The minimum Gasteiger partial charge on any atom is -0.354 e. The lowest BCUT2D eigenvalue weighted by atomic mass is 9.99. The van der Waals surface area contributed by atoms with Crippen LogP contribution in [0.5, 0.6) is 0 Å². The van der Waals surface area contributed by atoms with Crippen molar-refractivity contribution in [3.63, 3.8) is 0 Å². The Morgan fingerprint density at radius 3 is 2.48 bits per heavy atom. The van der Waals surface area contributed by atoms with Crippen LogP contribution in [0.4, 0.5) is 0 Å². The summed E-state index contributed by atoms with van der Waals surface area (Å²) >= 11 is 3.72. The van der Waals surface area contributed by atoms with Crippen LogP contribution in [-0.4, -0.2) is 11.5 Å². The summed E-state index contributed by atoms with van der Waals surface area (Å²) in [6.07, 6.45) is 3.19. The molecule has 0 aliphatic heterocycles. The largest absolute Gasteiger partial charge is 0.354 e. The molecule has 4 aromatic rings. The molecule has 3 N–H and O–H groups in total. The van der Waals surface area contributed by atoms with Crippen molar-refractivity contribution in [2.24, 2.45) is 5.73 Å². The van der Waals surface area contributed by atoms with E-state index in [1.54, 1.807) is 0 Å². The highest BCUT2D eigenvalue weighted by atomic mass is 79.9. The van der Waals surface area contributed by atoms with E-state index >= 15 is 0 Å². The van der Waals surface area contributed by atoms with Gasteiger partial charge in [-0.3, -0.25) is 0 Å². The topological polar surface area (TPSA) is 41.8 Å². The van der Waals surface area contributed by atoms with Gasteiger partial charge >= 0.3 is 0 Å². The van der Waals surface area contributed by atoms with E-state index in [1.807, 2.05) is 0 Å². The van der Waals surface area contributed by atoms with Crippen molar-refractivity contribution in [1.82, 2.24) is 4.98 Å². The molecular weight excluding hydrogens is 372 g/mol. The van der Waals surface area contributed by atoms with Gasteiger partial charge in [0.25, 0.3) is 0 Å². The third-order valence-corrected chi connectivity index (χ3v) is 5.52. The van der Waals surface area contributed by atoms with Crippen molar-refractivity contribution in [2.45, 2.75) is 19.3 Å². The number of H-pyrrole nitrogens is 1. The summed E-state index contributed by atoms with van der Waals surface area (Å²) in [5.41, 5.74) is 10.8. The second kappa shape index (κ2) is 7.03. The molecule has 1 aromatic heterocycles. The highest BCUT2D eigenvalue weighted by molar-refractivity contribution is 9.10. The Balaban J connectivity index is 1.98. The molecule has 1 heterocycles. The van der Waals surface area contributed by atoms with E-state index in [0.717, 1.165) is 30.3 Å². The summed E-state index contributed by atoms with van der Waals surface area (Å²) in [4.78, 5) is 3.73. The van der Waals surface area contributed by atoms with Crippen molar-refractivity contribution in [3.05, 3.63) is 70.7 Å². The highest BCUT2D eigenvalue weighted by Gasteiger charge is 2.16. The quantitative estimate of drug-likeness (QED) is 0.399. The average Bonchev–Trinajstić information content (AvgIpc) is 3.01. The summed E-state index contributed by atoms with van der Waals surface area (Å²) in [5.74, 6) is 0. The standard InChI is InChI=1S/C22H21BrN2/c23-20-11-4-3-10-19(20)22-17(9-5-6-14-24)18-13-12-15-7-1-2-8-16(15)21(18)25-22/h1-4,7-8,10-13,25H,5-6,9,14,24H2. The van der Waals surface area contributed by atoms with Crippen LogP contribution >= 0.6 is 15.9 Å². The van der Waals surface area contributed by atoms with Crippen molar-refractivity contribution in [1.29, 1.82) is 0 Å². The Hall–Kier alpha value is -2.10. The first-order chi connectivity index (χ1) is 12.3.